The third-order valence-corrected chi connectivity index (χ3v) is 4.55. The minimum absolute atomic E-state index is 0.216. The van der Waals surface area contributed by atoms with Gasteiger partial charge in [0, 0.05) is 11.3 Å². The number of aryl methyl sites for hydroxylation is 1. The first-order valence-electron chi connectivity index (χ1n) is 5.91. The van der Waals surface area contributed by atoms with Crippen LogP contribution in [0.3, 0.4) is 0 Å². The maximum Gasteiger partial charge on any atom is 0.212 e. The topological polar surface area (TPSA) is 30.2 Å². The lowest BCUT2D eigenvalue weighted by molar-refractivity contribution is 0.468. The highest BCUT2D eigenvalue weighted by Crippen LogP contribution is 2.45. The molecule has 3 nitrogen and oxygen atoms in total. The smallest absolute Gasteiger partial charge is 0.212 e. The molecule has 16 heavy (non-hydrogen) atoms. The zero-order chi connectivity index (χ0) is 11.5. The van der Waals surface area contributed by atoms with Crippen molar-refractivity contribution in [1.29, 1.82) is 0 Å². The summed E-state index contributed by atoms with van der Waals surface area (Å²) >= 11 is 1.73. The Hall–Kier alpha value is -0.900. The maximum absolute atomic E-state index is 4.76. The van der Waals surface area contributed by atoms with Gasteiger partial charge in [-0.2, -0.15) is 5.10 Å². The second-order valence-electron chi connectivity index (χ2n) is 5.38. The Morgan fingerprint density at radius 1 is 1.50 bits per heavy atom. The van der Waals surface area contributed by atoms with Gasteiger partial charge < -0.3 is 0 Å². The largest absolute Gasteiger partial charge is 0.222 e. The van der Waals surface area contributed by atoms with Crippen LogP contribution in [-0.4, -0.2) is 14.6 Å². The minimum atomic E-state index is 0.216. The monoisotopic (exact) mass is 235 g/mol. The van der Waals surface area contributed by atoms with Crippen LogP contribution in [0.5, 0.6) is 0 Å². The average Bonchev–Trinajstić information content (AvgIpc) is 2.75. The highest BCUT2D eigenvalue weighted by Gasteiger charge is 2.40. The van der Waals surface area contributed by atoms with E-state index in [0.29, 0.717) is 5.92 Å². The highest BCUT2D eigenvalue weighted by atomic mass is 32.1. The summed E-state index contributed by atoms with van der Waals surface area (Å²) in [6.07, 6.45) is 2.19. The maximum atomic E-state index is 4.76. The lowest BCUT2D eigenvalue weighted by atomic mass is 9.89. The predicted octanol–water partition coefficient (Wildman–Crippen LogP) is 3.14. The summed E-state index contributed by atoms with van der Waals surface area (Å²) in [7, 11) is 0. The van der Waals surface area contributed by atoms with E-state index in [-0.39, 0.29) is 5.41 Å². The number of hydrogen-bond donors (Lipinski definition) is 0. The summed E-state index contributed by atoms with van der Waals surface area (Å²) in [5.41, 5.74) is 2.82. The van der Waals surface area contributed by atoms with Gasteiger partial charge in [-0.3, -0.25) is 0 Å². The highest BCUT2D eigenvalue weighted by molar-refractivity contribution is 7.16. The SMILES string of the molecule is CCc1nn2c3c(nc2s1)C(C)CC3(C)C. The van der Waals surface area contributed by atoms with Gasteiger partial charge >= 0.3 is 0 Å². The first-order chi connectivity index (χ1) is 7.53. The summed E-state index contributed by atoms with van der Waals surface area (Å²) in [6, 6.07) is 0. The van der Waals surface area contributed by atoms with Crippen LogP contribution in [-0.2, 0) is 11.8 Å². The number of imidazole rings is 1. The van der Waals surface area contributed by atoms with Crippen molar-refractivity contribution < 1.29 is 0 Å². The van der Waals surface area contributed by atoms with Crippen LogP contribution in [0.15, 0.2) is 0 Å². The third kappa shape index (κ3) is 1.19. The van der Waals surface area contributed by atoms with Gasteiger partial charge in [-0.1, -0.05) is 39.0 Å². The van der Waals surface area contributed by atoms with Crippen LogP contribution in [0.1, 0.15) is 56.4 Å². The molecule has 0 aliphatic heterocycles. The molecule has 0 bridgehead atoms. The van der Waals surface area contributed by atoms with Gasteiger partial charge in [-0.15, -0.1) is 0 Å². The van der Waals surface area contributed by atoms with Crippen LogP contribution in [0.4, 0.5) is 0 Å². The molecule has 1 atom stereocenters. The molecule has 0 fully saturated rings. The molecule has 1 aliphatic carbocycles. The van der Waals surface area contributed by atoms with Crippen LogP contribution in [0.2, 0.25) is 0 Å². The molecule has 2 heterocycles. The van der Waals surface area contributed by atoms with Gasteiger partial charge in [0.25, 0.3) is 0 Å². The van der Waals surface area contributed by atoms with Gasteiger partial charge in [0.05, 0.1) is 11.4 Å². The fraction of sp³-hybridized carbons (Fsp3) is 0.667. The Bertz CT molecular complexity index is 550. The molecule has 2 aromatic rings. The van der Waals surface area contributed by atoms with E-state index in [1.54, 1.807) is 11.3 Å². The van der Waals surface area contributed by atoms with Crippen molar-refractivity contribution in [3.8, 4) is 0 Å². The average molecular weight is 235 g/mol. The number of fused-ring (bicyclic) bond motifs is 3. The second kappa shape index (κ2) is 3.06. The molecule has 1 aliphatic rings. The fourth-order valence-corrected chi connectivity index (χ4v) is 3.72. The third-order valence-electron chi connectivity index (χ3n) is 3.50. The molecule has 0 aromatic carbocycles. The Kier molecular flexibility index (Phi) is 1.97. The zero-order valence-electron chi connectivity index (χ0n) is 10.2. The van der Waals surface area contributed by atoms with E-state index in [1.165, 1.54) is 22.8 Å². The summed E-state index contributed by atoms with van der Waals surface area (Å²) in [4.78, 5) is 5.83. The number of rotatable bonds is 1. The van der Waals surface area contributed by atoms with Crippen molar-refractivity contribution in [1.82, 2.24) is 14.6 Å². The quantitative estimate of drug-likeness (QED) is 0.760. The van der Waals surface area contributed by atoms with E-state index in [4.69, 9.17) is 4.98 Å². The van der Waals surface area contributed by atoms with E-state index in [1.807, 2.05) is 0 Å². The summed E-state index contributed by atoms with van der Waals surface area (Å²) in [5, 5.41) is 5.85. The molecule has 4 heteroatoms. The van der Waals surface area contributed by atoms with Crippen LogP contribution < -0.4 is 0 Å². The molecule has 0 N–H and O–H groups in total. The van der Waals surface area contributed by atoms with Crippen molar-refractivity contribution in [2.45, 2.75) is 51.9 Å². The van der Waals surface area contributed by atoms with Crippen LogP contribution in [0.25, 0.3) is 4.96 Å². The molecule has 1 unspecified atom stereocenters. The van der Waals surface area contributed by atoms with Gasteiger partial charge in [0.1, 0.15) is 5.01 Å². The van der Waals surface area contributed by atoms with Gasteiger partial charge in [-0.05, 0) is 12.8 Å². The molecule has 0 radical (unpaired) electrons. The first kappa shape index (κ1) is 10.3. The molecule has 3 rings (SSSR count). The zero-order valence-corrected chi connectivity index (χ0v) is 11.1. The van der Waals surface area contributed by atoms with Crippen molar-refractivity contribution in [2.24, 2.45) is 0 Å². The Balaban J connectivity index is 2.29. The molecule has 86 valence electrons. The minimum Gasteiger partial charge on any atom is -0.222 e. The molecule has 0 saturated carbocycles. The van der Waals surface area contributed by atoms with Crippen molar-refractivity contribution >= 4 is 16.3 Å². The van der Waals surface area contributed by atoms with E-state index in [0.717, 1.165) is 11.4 Å². The summed E-state index contributed by atoms with van der Waals surface area (Å²) in [5.74, 6) is 0.573. The molecule has 0 saturated heterocycles. The van der Waals surface area contributed by atoms with E-state index >= 15 is 0 Å². The van der Waals surface area contributed by atoms with E-state index < -0.39 is 0 Å². The molecule has 0 amide bonds. The van der Waals surface area contributed by atoms with E-state index in [2.05, 4.69) is 37.3 Å². The summed E-state index contributed by atoms with van der Waals surface area (Å²) in [6.45, 7) is 9.01. The molecule has 0 spiro atoms. The lowest BCUT2D eigenvalue weighted by Crippen LogP contribution is -2.15. The lowest BCUT2D eigenvalue weighted by Gasteiger charge is -2.17. The Morgan fingerprint density at radius 3 is 2.94 bits per heavy atom. The van der Waals surface area contributed by atoms with Crippen molar-refractivity contribution in [3.05, 3.63) is 16.4 Å². The van der Waals surface area contributed by atoms with Gasteiger partial charge in [0.2, 0.25) is 4.96 Å². The van der Waals surface area contributed by atoms with Crippen molar-refractivity contribution in [3.63, 3.8) is 0 Å². The summed E-state index contributed by atoms with van der Waals surface area (Å²) < 4.78 is 2.09. The normalized spacial score (nSPS) is 22.9. The van der Waals surface area contributed by atoms with Crippen molar-refractivity contribution in [2.75, 3.05) is 0 Å². The Morgan fingerprint density at radius 2 is 2.25 bits per heavy atom. The van der Waals surface area contributed by atoms with Gasteiger partial charge in [-0.25, -0.2) is 9.50 Å². The molecule has 2 aromatic heterocycles. The number of hydrogen-bond acceptors (Lipinski definition) is 3. The van der Waals surface area contributed by atoms with Crippen LogP contribution >= 0.6 is 11.3 Å². The number of aromatic nitrogens is 3. The fourth-order valence-electron chi connectivity index (χ4n) is 2.88. The molecular formula is C12H17N3S. The predicted molar refractivity (Wildman–Crippen MR) is 66.3 cm³/mol. The number of nitrogens with zero attached hydrogens (tertiary/aromatic N) is 3. The molecular weight excluding hydrogens is 218 g/mol. The van der Waals surface area contributed by atoms with E-state index in [9.17, 15) is 0 Å². The second-order valence-corrected chi connectivity index (χ2v) is 6.42. The Labute approximate surface area is 99.5 Å². The van der Waals surface area contributed by atoms with Gasteiger partial charge in [0.15, 0.2) is 0 Å². The first-order valence-corrected chi connectivity index (χ1v) is 6.73. The standard InChI is InChI=1S/C12H17N3S/c1-5-8-14-15-10-9(13-11(15)16-8)7(2)6-12(10,3)4/h7H,5-6H2,1-4H3. The van der Waals surface area contributed by atoms with Crippen LogP contribution in [0, 0.1) is 0 Å².